The molecule has 1 fully saturated rings. The lowest BCUT2D eigenvalue weighted by molar-refractivity contribution is -0.138. The molecule has 0 aliphatic carbocycles. The van der Waals surface area contributed by atoms with Crippen LogP contribution in [0.3, 0.4) is 0 Å². The second kappa shape index (κ2) is 7.59. The standard InChI is InChI=1S/C14H25NO5/c1-8(2)5-10(7-19-6-9(3)4)15-13(16)11-12(20-11)14(17)18/h8-12H,5-7H2,1-4H3,(H,15,16)(H,17,18)/t10?,11-,12-/m0/s1. The van der Waals surface area contributed by atoms with E-state index in [1.165, 1.54) is 0 Å². The molecule has 0 radical (unpaired) electrons. The van der Waals surface area contributed by atoms with E-state index in [1.807, 2.05) is 0 Å². The van der Waals surface area contributed by atoms with Crippen molar-refractivity contribution in [1.29, 1.82) is 0 Å². The molecule has 0 aromatic rings. The van der Waals surface area contributed by atoms with Crippen LogP contribution >= 0.6 is 0 Å². The van der Waals surface area contributed by atoms with Gasteiger partial charge in [0, 0.05) is 6.61 Å². The van der Waals surface area contributed by atoms with Crippen LogP contribution in [0.2, 0.25) is 0 Å². The van der Waals surface area contributed by atoms with Gasteiger partial charge in [0.2, 0.25) is 0 Å². The first-order valence-corrected chi connectivity index (χ1v) is 7.07. The lowest BCUT2D eigenvalue weighted by atomic mass is 10.0. The largest absolute Gasteiger partial charge is 0.479 e. The monoisotopic (exact) mass is 287 g/mol. The molecule has 1 amide bonds. The number of ether oxygens (including phenoxy) is 2. The van der Waals surface area contributed by atoms with Crippen molar-refractivity contribution in [2.75, 3.05) is 13.2 Å². The molecule has 1 aliphatic rings. The molecule has 2 N–H and O–H groups in total. The van der Waals surface area contributed by atoms with Crippen LogP contribution in [-0.4, -0.2) is 48.4 Å². The highest BCUT2D eigenvalue weighted by Crippen LogP contribution is 2.22. The predicted molar refractivity (Wildman–Crippen MR) is 73.3 cm³/mol. The Morgan fingerprint density at radius 3 is 2.25 bits per heavy atom. The van der Waals surface area contributed by atoms with Crippen LogP contribution in [0.5, 0.6) is 0 Å². The molecule has 6 heteroatoms. The molecule has 0 saturated carbocycles. The number of carboxylic acids is 1. The van der Waals surface area contributed by atoms with E-state index >= 15 is 0 Å². The lowest BCUT2D eigenvalue weighted by Gasteiger charge is -2.21. The first-order chi connectivity index (χ1) is 9.31. The number of hydrogen-bond acceptors (Lipinski definition) is 4. The van der Waals surface area contributed by atoms with Gasteiger partial charge in [0.1, 0.15) is 0 Å². The van der Waals surface area contributed by atoms with E-state index in [-0.39, 0.29) is 11.9 Å². The molecule has 1 unspecified atom stereocenters. The number of aliphatic carboxylic acids is 1. The van der Waals surface area contributed by atoms with E-state index in [0.29, 0.717) is 25.0 Å². The van der Waals surface area contributed by atoms with Crippen molar-refractivity contribution in [2.24, 2.45) is 11.8 Å². The molecule has 3 atom stereocenters. The van der Waals surface area contributed by atoms with Gasteiger partial charge < -0.3 is 19.9 Å². The van der Waals surface area contributed by atoms with Gasteiger partial charge in [-0.2, -0.15) is 0 Å². The molecule has 0 spiro atoms. The van der Waals surface area contributed by atoms with Gasteiger partial charge in [0.15, 0.2) is 12.2 Å². The lowest BCUT2D eigenvalue weighted by Crippen LogP contribution is -2.42. The molecular formula is C14H25NO5. The van der Waals surface area contributed by atoms with E-state index in [0.717, 1.165) is 6.42 Å². The number of amides is 1. The number of epoxide rings is 1. The van der Waals surface area contributed by atoms with Crippen molar-refractivity contribution in [3.63, 3.8) is 0 Å². The van der Waals surface area contributed by atoms with Crippen molar-refractivity contribution < 1.29 is 24.2 Å². The maximum atomic E-state index is 11.9. The second-order valence-corrected chi connectivity index (χ2v) is 6.08. The fourth-order valence-electron chi connectivity index (χ4n) is 1.97. The van der Waals surface area contributed by atoms with Crippen LogP contribution in [0.25, 0.3) is 0 Å². The smallest absolute Gasteiger partial charge is 0.336 e. The van der Waals surface area contributed by atoms with Crippen LogP contribution in [0.15, 0.2) is 0 Å². The summed E-state index contributed by atoms with van der Waals surface area (Å²) in [6.45, 7) is 9.33. The van der Waals surface area contributed by atoms with E-state index in [1.54, 1.807) is 0 Å². The number of carboxylic acid groups (broad SMARTS) is 1. The van der Waals surface area contributed by atoms with Crippen molar-refractivity contribution in [3.05, 3.63) is 0 Å². The summed E-state index contributed by atoms with van der Waals surface area (Å²) in [5, 5.41) is 11.5. The highest BCUT2D eigenvalue weighted by molar-refractivity contribution is 5.92. The van der Waals surface area contributed by atoms with Crippen molar-refractivity contribution in [3.8, 4) is 0 Å². The molecule has 116 valence electrons. The Morgan fingerprint density at radius 2 is 1.80 bits per heavy atom. The van der Waals surface area contributed by atoms with Gasteiger partial charge in [-0.1, -0.05) is 27.7 Å². The Bertz CT molecular complexity index is 342. The first kappa shape index (κ1) is 16.9. The van der Waals surface area contributed by atoms with Gasteiger partial charge in [-0.05, 0) is 18.3 Å². The fraction of sp³-hybridized carbons (Fsp3) is 0.857. The average molecular weight is 287 g/mol. The molecule has 1 saturated heterocycles. The van der Waals surface area contributed by atoms with Gasteiger partial charge in [-0.3, -0.25) is 4.79 Å². The number of carbonyl (C=O) groups is 2. The summed E-state index contributed by atoms with van der Waals surface area (Å²) in [6.07, 6.45) is -1.06. The van der Waals surface area contributed by atoms with Crippen LogP contribution in [0.4, 0.5) is 0 Å². The topological polar surface area (TPSA) is 88.2 Å². The summed E-state index contributed by atoms with van der Waals surface area (Å²) >= 11 is 0. The zero-order chi connectivity index (χ0) is 15.3. The summed E-state index contributed by atoms with van der Waals surface area (Å²) in [6, 6.07) is -0.111. The van der Waals surface area contributed by atoms with Crippen molar-refractivity contribution in [1.82, 2.24) is 5.32 Å². The number of hydrogen-bond donors (Lipinski definition) is 2. The van der Waals surface area contributed by atoms with Gasteiger partial charge >= 0.3 is 5.97 Å². The third-order valence-corrected chi connectivity index (χ3v) is 2.87. The minimum atomic E-state index is -1.10. The molecule has 1 heterocycles. The Morgan fingerprint density at radius 1 is 1.15 bits per heavy atom. The van der Waals surface area contributed by atoms with Gasteiger partial charge in [-0.15, -0.1) is 0 Å². The van der Waals surface area contributed by atoms with Crippen LogP contribution in [-0.2, 0) is 19.1 Å². The minimum Gasteiger partial charge on any atom is -0.479 e. The van der Waals surface area contributed by atoms with Crippen molar-refractivity contribution in [2.45, 2.75) is 52.4 Å². The Balaban J connectivity index is 2.39. The molecule has 0 aromatic heterocycles. The van der Waals surface area contributed by atoms with Crippen molar-refractivity contribution >= 4 is 11.9 Å². The van der Waals surface area contributed by atoms with Gasteiger partial charge in [-0.25, -0.2) is 4.79 Å². The van der Waals surface area contributed by atoms with E-state index in [4.69, 9.17) is 14.6 Å². The summed E-state index contributed by atoms with van der Waals surface area (Å²) in [5.74, 6) is -0.607. The Labute approximate surface area is 119 Å². The molecular weight excluding hydrogens is 262 g/mol. The zero-order valence-corrected chi connectivity index (χ0v) is 12.6. The van der Waals surface area contributed by atoms with Gasteiger partial charge in [0.05, 0.1) is 12.6 Å². The maximum absolute atomic E-state index is 11.9. The highest BCUT2D eigenvalue weighted by atomic mass is 16.6. The number of nitrogens with one attached hydrogen (secondary N) is 1. The highest BCUT2D eigenvalue weighted by Gasteiger charge is 2.51. The molecule has 1 aliphatic heterocycles. The van der Waals surface area contributed by atoms with E-state index in [9.17, 15) is 9.59 Å². The van der Waals surface area contributed by atoms with Crippen LogP contribution in [0.1, 0.15) is 34.1 Å². The fourth-order valence-corrected chi connectivity index (χ4v) is 1.97. The summed E-state index contributed by atoms with van der Waals surface area (Å²) < 4.78 is 10.4. The Kier molecular flexibility index (Phi) is 6.42. The van der Waals surface area contributed by atoms with E-state index in [2.05, 4.69) is 33.0 Å². The molecule has 6 nitrogen and oxygen atoms in total. The van der Waals surface area contributed by atoms with E-state index < -0.39 is 18.2 Å². The van der Waals surface area contributed by atoms with Crippen LogP contribution < -0.4 is 5.32 Å². The predicted octanol–water partition coefficient (Wildman–Crippen LogP) is 1.04. The number of carbonyl (C=O) groups excluding carboxylic acids is 1. The summed E-state index contributed by atoms with van der Waals surface area (Å²) in [7, 11) is 0. The average Bonchev–Trinajstić information content (AvgIpc) is 3.06. The quantitative estimate of drug-likeness (QED) is 0.619. The Hall–Kier alpha value is -1.14. The van der Waals surface area contributed by atoms with Gasteiger partial charge in [0.25, 0.3) is 5.91 Å². The third-order valence-electron chi connectivity index (χ3n) is 2.87. The summed E-state index contributed by atoms with van der Waals surface area (Å²) in [5.41, 5.74) is 0. The van der Waals surface area contributed by atoms with Crippen LogP contribution in [0, 0.1) is 11.8 Å². The molecule has 1 rings (SSSR count). The maximum Gasteiger partial charge on any atom is 0.336 e. The SMILES string of the molecule is CC(C)COCC(CC(C)C)NC(=O)[C@H]1O[C@@H]1C(=O)O. The normalized spacial score (nSPS) is 22.9. The second-order valence-electron chi connectivity index (χ2n) is 6.08. The minimum absolute atomic E-state index is 0.111. The first-order valence-electron chi connectivity index (χ1n) is 7.07. The molecule has 0 bridgehead atoms. The molecule has 20 heavy (non-hydrogen) atoms. The zero-order valence-electron chi connectivity index (χ0n) is 12.6. The summed E-state index contributed by atoms with van der Waals surface area (Å²) in [4.78, 5) is 22.5. The molecule has 0 aromatic carbocycles. The number of rotatable bonds is 9. The third kappa shape index (κ3) is 5.88.